The summed E-state index contributed by atoms with van der Waals surface area (Å²) in [7, 11) is 3.90. The highest BCUT2D eigenvalue weighted by molar-refractivity contribution is 5.92. The van der Waals surface area contributed by atoms with E-state index in [-0.39, 0.29) is 11.8 Å². The third kappa shape index (κ3) is 3.90. The van der Waals surface area contributed by atoms with Gasteiger partial charge in [0, 0.05) is 39.3 Å². The van der Waals surface area contributed by atoms with Gasteiger partial charge >= 0.3 is 0 Å². The third-order valence-corrected chi connectivity index (χ3v) is 5.82. The molecule has 2 saturated heterocycles. The van der Waals surface area contributed by atoms with Crippen molar-refractivity contribution in [3.8, 4) is 0 Å². The molecule has 8 nitrogen and oxygen atoms in total. The number of likely N-dealkylation sites (tertiary alicyclic amines) is 2. The van der Waals surface area contributed by atoms with Crippen molar-refractivity contribution in [2.75, 3.05) is 26.2 Å². The molecule has 146 valence electrons. The van der Waals surface area contributed by atoms with Gasteiger partial charge in [-0.25, -0.2) is 0 Å². The highest BCUT2D eigenvalue weighted by Gasteiger charge is 2.30. The van der Waals surface area contributed by atoms with Crippen LogP contribution in [0, 0.1) is 0 Å². The van der Waals surface area contributed by atoms with Crippen LogP contribution in [0.25, 0.3) is 0 Å². The van der Waals surface area contributed by atoms with E-state index in [0.717, 1.165) is 50.7 Å². The molecule has 2 fully saturated rings. The number of aryl methyl sites for hydroxylation is 1. The lowest BCUT2D eigenvalue weighted by Crippen LogP contribution is -2.40. The Morgan fingerprint density at radius 1 is 1.11 bits per heavy atom. The van der Waals surface area contributed by atoms with E-state index in [4.69, 9.17) is 0 Å². The number of nitrogens with zero attached hydrogens (tertiary/aromatic N) is 7. The molecule has 0 aromatic carbocycles. The summed E-state index contributed by atoms with van der Waals surface area (Å²) in [6.07, 6.45) is 7.72. The van der Waals surface area contributed by atoms with Gasteiger partial charge in [-0.15, -0.1) is 10.2 Å². The Morgan fingerprint density at radius 3 is 2.67 bits per heavy atom. The topological polar surface area (TPSA) is 72.1 Å². The van der Waals surface area contributed by atoms with Gasteiger partial charge in [-0.3, -0.25) is 14.4 Å². The Balaban J connectivity index is 1.44. The van der Waals surface area contributed by atoms with E-state index < -0.39 is 0 Å². The molecule has 0 unspecified atom stereocenters. The van der Waals surface area contributed by atoms with Crippen molar-refractivity contribution >= 4 is 5.91 Å². The van der Waals surface area contributed by atoms with Gasteiger partial charge in [0.15, 0.2) is 0 Å². The fourth-order valence-electron chi connectivity index (χ4n) is 4.25. The van der Waals surface area contributed by atoms with Gasteiger partial charge in [0.1, 0.15) is 17.3 Å². The fraction of sp³-hybridized carbons (Fsp3) is 0.684. The van der Waals surface area contributed by atoms with Gasteiger partial charge in [0.2, 0.25) is 0 Å². The minimum absolute atomic E-state index is 0.0102. The minimum atomic E-state index is 0.0102. The standard InChI is InChI=1S/C19H29N7O/c1-23-12-8-16(22-23)19(27)26-11-6-7-15(13-26)18-21-20-17(24(18)2)14-25-9-4-3-5-10-25/h8,12,15H,3-7,9-11,13-14H2,1-2H3/t15-/m0/s1. The molecule has 4 heterocycles. The van der Waals surface area contributed by atoms with Gasteiger partial charge in [-0.2, -0.15) is 5.10 Å². The van der Waals surface area contributed by atoms with Crippen molar-refractivity contribution < 1.29 is 4.79 Å². The first-order valence-corrected chi connectivity index (χ1v) is 10.0. The molecule has 27 heavy (non-hydrogen) atoms. The maximum atomic E-state index is 12.7. The second kappa shape index (κ2) is 7.80. The van der Waals surface area contributed by atoms with Crippen LogP contribution in [0.2, 0.25) is 0 Å². The van der Waals surface area contributed by atoms with Crippen LogP contribution in [0.5, 0.6) is 0 Å². The van der Waals surface area contributed by atoms with Crippen molar-refractivity contribution in [2.24, 2.45) is 14.1 Å². The molecule has 2 aliphatic heterocycles. The van der Waals surface area contributed by atoms with E-state index in [9.17, 15) is 4.79 Å². The number of hydrogen-bond acceptors (Lipinski definition) is 5. The van der Waals surface area contributed by atoms with E-state index in [0.29, 0.717) is 12.2 Å². The summed E-state index contributed by atoms with van der Waals surface area (Å²) in [5.74, 6) is 2.27. The summed E-state index contributed by atoms with van der Waals surface area (Å²) in [6.45, 7) is 4.64. The molecule has 0 N–H and O–H groups in total. The smallest absolute Gasteiger partial charge is 0.274 e. The Bertz CT molecular complexity index is 790. The molecule has 1 amide bonds. The minimum Gasteiger partial charge on any atom is -0.337 e. The molecule has 0 aliphatic carbocycles. The fourth-order valence-corrected chi connectivity index (χ4v) is 4.25. The number of carbonyl (C=O) groups excluding carboxylic acids is 1. The SMILES string of the molecule is Cn1ccc(C(=O)N2CCC[C@H](c3nnc(CN4CCCCC4)n3C)C2)n1. The molecule has 1 atom stereocenters. The predicted molar refractivity (Wildman–Crippen MR) is 101 cm³/mol. The average Bonchev–Trinajstić information content (AvgIpc) is 3.28. The molecule has 0 radical (unpaired) electrons. The van der Waals surface area contributed by atoms with Gasteiger partial charge in [-0.1, -0.05) is 6.42 Å². The van der Waals surface area contributed by atoms with Crippen molar-refractivity contribution in [1.29, 1.82) is 0 Å². The lowest BCUT2D eigenvalue weighted by molar-refractivity contribution is 0.0696. The monoisotopic (exact) mass is 371 g/mol. The summed E-state index contributed by atoms with van der Waals surface area (Å²) < 4.78 is 3.82. The second-order valence-corrected chi connectivity index (χ2v) is 7.84. The van der Waals surface area contributed by atoms with Crippen molar-refractivity contribution in [2.45, 2.75) is 44.6 Å². The van der Waals surface area contributed by atoms with Crippen LogP contribution in [0.15, 0.2) is 12.3 Å². The first kappa shape index (κ1) is 18.2. The first-order valence-electron chi connectivity index (χ1n) is 10.0. The van der Waals surface area contributed by atoms with Gasteiger partial charge in [-0.05, 0) is 44.8 Å². The highest BCUT2D eigenvalue weighted by atomic mass is 16.2. The molecule has 0 bridgehead atoms. The van der Waals surface area contributed by atoms with E-state index in [1.165, 1.54) is 19.3 Å². The van der Waals surface area contributed by atoms with Crippen LogP contribution in [0.1, 0.15) is 60.2 Å². The molecule has 0 saturated carbocycles. The van der Waals surface area contributed by atoms with E-state index >= 15 is 0 Å². The second-order valence-electron chi connectivity index (χ2n) is 7.84. The highest BCUT2D eigenvalue weighted by Crippen LogP contribution is 2.27. The van der Waals surface area contributed by atoms with E-state index in [1.54, 1.807) is 10.7 Å². The van der Waals surface area contributed by atoms with Crippen molar-refractivity contribution in [1.82, 2.24) is 34.3 Å². The average molecular weight is 371 g/mol. The van der Waals surface area contributed by atoms with Crippen LogP contribution in [-0.2, 0) is 20.6 Å². The Kier molecular flexibility index (Phi) is 5.24. The van der Waals surface area contributed by atoms with Gasteiger partial charge in [0.05, 0.1) is 6.54 Å². The Hall–Kier alpha value is -2.22. The number of piperidine rings is 2. The number of rotatable bonds is 4. The Labute approximate surface area is 160 Å². The van der Waals surface area contributed by atoms with Crippen molar-refractivity contribution in [3.63, 3.8) is 0 Å². The molecule has 2 aromatic rings. The van der Waals surface area contributed by atoms with Crippen molar-refractivity contribution in [3.05, 3.63) is 29.6 Å². The van der Waals surface area contributed by atoms with Gasteiger partial charge < -0.3 is 9.47 Å². The lowest BCUT2D eigenvalue weighted by Gasteiger charge is -2.32. The molecule has 0 spiro atoms. The zero-order valence-corrected chi connectivity index (χ0v) is 16.3. The summed E-state index contributed by atoms with van der Waals surface area (Å²) in [4.78, 5) is 17.1. The van der Waals surface area contributed by atoms with Crippen LogP contribution < -0.4 is 0 Å². The Morgan fingerprint density at radius 2 is 1.93 bits per heavy atom. The van der Waals surface area contributed by atoms with Crippen LogP contribution in [0.3, 0.4) is 0 Å². The normalized spacial score (nSPS) is 21.6. The maximum absolute atomic E-state index is 12.7. The number of amides is 1. The third-order valence-electron chi connectivity index (χ3n) is 5.82. The largest absolute Gasteiger partial charge is 0.337 e. The number of carbonyl (C=O) groups is 1. The molecule has 2 aromatic heterocycles. The van der Waals surface area contributed by atoms with Crippen LogP contribution in [-0.4, -0.2) is 66.4 Å². The lowest BCUT2D eigenvalue weighted by atomic mass is 9.97. The zero-order chi connectivity index (χ0) is 18.8. The van der Waals surface area contributed by atoms with Gasteiger partial charge in [0.25, 0.3) is 5.91 Å². The zero-order valence-electron chi connectivity index (χ0n) is 16.3. The maximum Gasteiger partial charge on any atom is 0.274 e. The predicted octanol–water partition coefficient (Wildman–Crippen LogP) is 1.55. The molecular weight excluding hydrogens is 342 g/mol. The summed E-state index contributed by atoms with van der Waals surface area (Å²) in [5.41, 5.74) is 0.516. The molecular formula is C19H29N7O. The summed E-state index contributed by atoms with van der Waals surface area (Å²) >= 11 is 0. The van der Waals surface area contributed by atoms with Crippen LogP contribution >= 0.6 is 0 Å². The number of hydrogen-bond donors (Lipinski definition) is 0. The first-order chi connectivity index (χ1) is 13.1. The van der Waals surface area contributed by atoms with E-state index in [1.807, 2.05) is 18.1 Å². The molecule has 2 aliphatic rings. The molecule has 4 rings (SSSR count). The van der Waals surface area contributed by atoms with Crippen LogP contribution in [0.4, 0.5) is 0 Å². The molecule has 8 heteroatoms. The summed E-state index contributed by atoms with van der Waals surface area (Å²) in [5, 5.41) is 13.2. The summed E-state index contributed by atoms with van der Waals surface area (Å²) in [6, 6.07) is 1.78. The van der Waals surface area contributed by atoms with E-state index in [2.05, 4.69) is 31.8 Å². The number of aromatic nitrogens is 5. The quantitative estimate of drug-likeness (QED) is 0.815.